The molecule has 3 aliphatic carbocycles. The number of fused-ring (bicyclic) bond motifs is 6. The molecule has 1 spiro atoms. The predicted octanol–water partition coefficient (Wildman–Crippen LogP) is 1.94. The number of carbonyl (C=O) groups excluding carboxylic acids is 1. The molecular weight excluding hydrogens is 226 g/mol. The van der Waals surface area contributed by atoms with Crippen molar-refractivity contribution in [3.63, 3.8) is 0 Å². The van der Waals surface area contributed by atoms with Gasteiger partial charge in [-0.1, -0.05) is 12.2 Å². The van der Waals surface area contributed by atoms with Crippen LogP contribution in [0.5, 0.6) is 0 Å². The molecule has 2 aliphatic heterocycles. The summed E-state index contributed by atoms with van der Waals surface area (Å²) in [7, 11) is 0. The molecular formula is C15H19NO2. The lowest BCUT2D eigenvalue weighted by Crippen LogP contribution is -2.62. The minimum absolute atomic E-state index is 0.184. The molecule has 3 heteroatoms. The number of allylic oxidation sites excluding steroid dienone is 1. The Balaban J connectivity index is 1.62. The number of carbonyl (C=O) groups is 1. The van der Waals surface area contributed by atoms with Gasteiger partial charge in [0.1, 0.15) is 5.72 Å². The fourth-order valence-electron chi connectivity index (χ4n) is 5.55. The first-order valence-electron chi connectivity index (χ1n) is 7.44. The van der Waals surface area contributed by atoms with E-state index in [0.717, 1.165) is 19.4 Å². The summed E-state index contributed by atoms with van der Waals surface area (Å²) < 4.78 is 6.32. The molecule has 5 aliphatic rings. The van der Waals surface area contributed by atoms with Crippen LogP contribution in [0.15, 0.2) is 12.2 Å². The number of hydrogen-bond acceptors (Lipinski definition) is 2. The highest BCUT2D eigenvalue weighted by Gasteiger charge is 2.65. The van der Waals surface area contributed by atoms with E-state index in [1.807, 2.05) is 0 Å². The molecule has 0 N–H and O–H groups in total. The van der Waals surface area contributed by atoms with Crippen molar-refractivity contribution >= 4 is 5.91 Å². The van der Waals surface area contributed by atoms with Gasteiger partial charge in [0.15, 0.2) is 0 Å². The van der Waals surface area contributed by atoms with Crippen molar-refractivity contribution < 1.29 is 9.53 Å². The first-order chi connectivity index (χ1) is 8.79. The van der Waals surface area contributed by atoms with E-state index in [9.17, 15) is 4.79 Å². The monoisotopic (exact) mass is 245 g/mol. The third kappa shape index (κ3) is 0.932. The van der Waals surface area contributed by atoms with E-state index in [4.69, 9.17) is 4.74 Å². The molecule has 0 radical (unpaired) electrons. The second kappa shape index (κ2) is 3.01. The van der Waals surface area contributed by atoms with Gasteiger partial charge in [-0.3, -0.25) is 4.79 Å². The average molecular weight is 245 g/mol. The third-order valence-corrected chi connectivity index (χ3v) is 6.22. The molecule has 0 aromatic heterocycles. The van der Waals surface area contributed by atoms with Crippen LogP contribution in [0.3, 0.4) is 0 Å². The summed E-state index contributed by atoms with van der Waals surface area (Å²) >= 11 is 0. The Labute approximate surface area is 107 Å². The van der Waals surface area contributed by atoms with Crippen molar-refractivity contribution in [1.29, 1.82) is 0 Å². The fraction of sp³-hybridized carbons (Fsp3) is 0.800. The van der Waals surface area contributed by atoms with E-state index in [1.165, 1.54) is 19.3 Å². The Morgan fingerprint density at radius 2 is 2.22 bits per heavy atom. The molecule has 2 saturated carbocycles. The molecule has 0 unspecified atom stereocenters. The van der Waals surface area contributed by atoms with Crippen LogP contribution in [-0.4, -0.2) is 29.2 Å². The summed E-state index contributed by atoms with van der Waals surface area (Å²) in [5.41, 5.74) is -0.184. The van der Waals surface area contributed by atoms with E-state index in [1.54, 1.807) is 0 Å². The molecule has 4 fully saturated rings. The van der Waals surface area contributed by atoms with Crippen molar-refractivity contribution in [2.75, 3.05) is 6.61 Å². The molecule has 96 valence electrons. The molecule has 2 heterocycles. The molecule has 6 atom stereocenters. The zero-order valence-electron chi connectivity index (χ0n) is 10.5. The van der Waals surface area contributed by atoms with Crippen molar-refractivity contribution in [3.05, 3.63) is 12.2 Å². The number of hydrogen-bond donors (Lipinski definition) is 0. The molecule has 0 aromatic carbocycles. The lowest BCUT2D eigenvalue weighted by atomic mass is 9.85. The Hall–Kier alpha value is -0.830. The summed E-state index contributed by atoms with van der Waals surface area (Å²) in [6, 6.07) is 0.462. The van der Waals surface area contributed by atoms with E-state index >= 15 is 0 Å². The highest BCUT2D eigenvalue weighted by atomic mass is 16.5. The van der Waals surface area contributed by atoms with E-state index in [0.29, 0.717) is 35.6 Å². The third-order valence-electron chi connectivity index (χ3n) is 6.22. The second-order valence-electron chi connectivity index (χ2n) is 6.82. The molecule has 2 saturated heterocycles. The van der Waals surface area contributed by atoms with Gasteiger partial charge < -0.3 is 9.64 Å². The van der Waals surface area contributed by atoms with Crippen LogP contribution in [0.25, 0.3) is 0 Å². The van der Waals surface area contributed by atoms with Gasteiger partial charge in [0, 0.05) is 24.3 Å². The summed E-state index contributed by atoms with van der Waals surface area (Å²) in [5.74, 6) is 2.72. The van der Waals surface area contributed by atoms with Crippen LogP contribution in [0.4, 0.5) is 0 Å². The largest absolute Gasteiger partial charge is 0.355 e. The Kier molecular flexibility index (Phi) is 1.67. The Morgan fingerprint density at radius 3 is 3.17 bits per heavy atom. The van der Waals surface area contributed by atoms with Gasteiger partial charge in [-0.25, -0.2) is 0 Å². The first kappa shape index (κ1) is 10.0. The Morgan fingerprint density at radius 1 is 1.33 bits per heavy atom. The standard InChI is InChI=1S/C15H19NO2/c17-13-7-11-2-1-5-15(11)16(13)14-10-4-3-9(6-10)12(14)8-18-15/h3-4,9-12,14H,1-2,5-8H2/t9-,10+,11-,12+,14-,15+/m0/s1. The fourth-order valence-corrected chi connectivity index (χ4v) is 5.55. The van der Waals surface area contributed by atoms with Gasteiger partial charge in [0.25, 0.3) is 0 Å². The molecule has 18 heavy (non-hydrogen) atoms. The molecule has 1 amide bonds. The second-order valence-corrected chi connectivity index (χ2v) is 6.82. The lowest BCUT2D eigenvalue weighted by molar-refractivity contribution is -0.219. The molecule has 0 aromatic rings. The van der Waals surface area contributed by atoms with Crippen LogP contribution in [0.1, 0.15) is 32.1 Å². The van der Waals surface area contributed by atoms with Gasteiger partial charge in [-0.15, -0.1) is 0 Å². The van der Waals surface area contributed by atoms with Gasteiger partial charge in [0.05, 0.1) is 6.61 Å². The molecule has 5 rings (SSSR count). The van der Waals surface area contributed by atoms with Crippen molar-refractivity contribution in [2.24, 2.45) is 23.7 Å². The van der Waals surface area contributed by atoms with Crippen molar-refractivity contribution in [1.82, 2.24) is 4.90 Å². The number of ether oxygens (including phenoxy) is 1. The quantitative estimate of drug-likeness (QED) is 0.610. The van der Waals surface area contributed by atoms with Crippen LogP contribution in [-0.2, 0) is 9.53 Å². The van der Waals surface area contributed by atoms with E-state index < -0.39 is 0 Å². The van der Waals surface area contributed by atoms with Crippen LogP contribution in [0, 0.1) is 23.7 Å². The topological polar surface area (TPSA) is 29.5 Å². The summed E-state index contributed by atoms with van der Waals surface area (Å²) in [5, 5.41) is 0. The number of amides is 1. The maximum absolute atomic E-state index is 12.5. The van der Waals surface area contributed by atoms with Gasteiger partial charge in [0.2, 0.25) is 5.91 Å². The van der Waals surface area contributed by atoms with Gasteiger partial charge in [-0.2, -0.15) is 0 Å². The minimum Gasteiger partial charge on any atom is -0.355 e. The number of nitrogens with zero attached hydrogens (tertiary/aromatic N) is 1. The first-order valence-corrected chi connectivity index (χ1v) is 7.44. The Bertz CT molecular complexity index is 459. The SMILES string of the molecule is O=C1C[C@@H]2CCC[C@@]23OC[C@H]2[C@H]([C@@H]4C=C[C@H]2C4)N13. The van der Waals surface area contributed by atoms with Crippen LogP contribution in [0.2, 0.25) is 0 Å². The zero-order valence-corrected chi connectivity index (χ0v) is 10.5. The highest BCUT2D eigenvalue weighted by molar-refractivity contribution is 5.81. The van der Waals surface area contributed by atoms with Crippen LogP contribution >= 0.6 is 0 Å². The smallest absolute Gasteiger partial charge is 0.225 e. The lowest BCUT2D eigenvalue weighted by Gasteiger charge is -2.51. The summed E-state index contributed by atoms with van der Waals surface area (Å²) in [4.78, 5) is 14.7. The zero-order chi connectivity index (χ0) is 11.9. The van der Waals surface area contributed by atoms with Crippen molar-refractivity contribution in [2.45, 2.75) is 43.9 Å². The summed E-state index contributed by atoms with van der Waals surface area (Å²) in [6.07, 6.45) is 10.2. The van der Waals surface area contributed by atoms with E-state index in [2.05, 4.69) is 17.1 Å². The average Bonchev–Trinajstić information content (AvgIpc) is 3.06. The number of rotatable bonds is 0. The molecule has 3 nitrogen and oxygen atoms in total. The maximum Gasteiger partial charge on any atom is 0.225 e. The normalized spacial score (nSPS) is 55.9. The molecule has 2 bridgehead atoms. The minimum atomic E-state index is -0.184. The predicted molar refractivity (Wildman–Crippen MR) is 65.5 cm³/mol. The van der Waals surface area contributed by atoms with E-state index in [-0.39, 0.29) is 5.72 Å². The highest BCUT2D eigenvalue weighted by Crippen LogP contribution is 2.58. The summed E-state index contributed by atoms with van der Waals surface area (Å²) in [6.45, 7) is 0.885. The van der Waals surface area contributed by atoms with Crippen molar-refractivity contribution in [3.8, 4) is 0 Å². The maximum atomic E-state index is 12.5. The van der Waals surface area contributed by atoms with Gasteiger partial charge >= 0.3 is 0 Å². The van der Waals surface area contributed by atoms with Crippen LogP contribution < -0.4 is 0 Å². The van der Waals surface area contributed by atoms with Gasteiger partial charge in [-0.05, 0) is 37.5 Å².